The monoisotopic (exact) mass is 438 g/mol. The molecule has 32 heavy (non-hydrogen) atoms. The van der Waals surface area contributed by atoms with Crippen LogP contribution in [-0.4, -0.2) is 23.0 Å². The first-order valence-corrected chi connectivity index (χ1v) is 9.52. The fourth-order valence-electron chi connectivity index (χ4n) is 3.38. The third-order valence-corrected chi connectivity index (χ3v) is 4.93. The van der Waals surface area contributed by atoms with Crippen molar-refractivity contribution in [1.29, 1.82) is 0 Å². The first kappa shape index (κ1) is 21.2. The number of methoxy groups -OCH3 is 1. The number of nitrogens with zero attached hydrogens (tertiary/aromatic N) is 2. The van der Waals surface area contributed by atoms with E-state index in [-0.39, 0.29) is 16.6 Å². The summed E-state index contributed by atoms with van der Waals surface area (Å²) in [7, 11) is 1.52. The number of hydrogen-bond acceptors (Lipinski definition) is 4. The van der Waals surface area contributed by atoms with Gasteiger partial charge in [0, 0.05) is 23.1 Å². The van der Waals surface area contributed by atoms with Crippen LogP contribution in [0.5, 0.6) is 11.6 Å². The quantitative estimate of drug-likeness (QED) is 0.430. The molecule has 0 aliphatic heterocycles. The maximum Gasteiger partial charge on any atom is 0.416 e. The topological polar surface area (TPSA) is 63.8 Å². The van der Waals surface area contributed by atoms with Crippen LogP contribution < -0.4 is 10.3 Å². The van der Waals surface area contributed by atoms with Gasteiger partial charge in [-0.25, -0.2) is 4.57 Å². The summed E-state index contributed by atoms with van der Waals surface area (Å²) in [6.45, 7) is 0. The molecule has 5 nitrogen and oxygen atoms in total. The Morgan fingerprint density at radius 3 is 2.41 bits per heavy atom. The SMILES string of the molecule is COc1cccc(N=Cc2c(O)n(-c3cccc(C(F)(F)F)c3)c(=O)c3ccccc23)c1. The van der Waals surface area contributed by atoms with Crippen molar-refractivity contribution < 1.29 is 23.0 Å². The summed E-state index contributed by atoms with van der Waals surface area (Å²) in [5, 5.41) is 11.6. The van der Waals surface area contributed by atoms with E-state index in [0.29, 0.717) is 16.8 Å². The summed E-state index contributed by atoms with van der Waals surface area (Å²) in [4.78, 5) is 17.4. The number of aromatic hydroxyl groups is 1. The first-order valence-electron chi connectivity index (χ1n) is 9.52. The summed E-state index contributed by atoms with van der Waals surface area (Å²) in [6, 6.07) is 17.6. The van der Waals surface area contributed by atoms with Gasteiger partial charge in [0.25, 0.3) is 5.56 Å². The van der Waals surface area contributed by atoms with Crippen LogP contribution in [0.4, 0.5) is 18.9 Å². The van der Waals surface area contributed by atoms with Crippen molar-refractivity contribution in [3.8, 4) is 17.3 Å². The number of ether oxygens (including phenoxy) is 1. The molecule has 162 valence electrons. The molecule has 4 aromatic rings. The normalized spacial score (nSPS) is 11.9. The Kier molecular flexibility index (Phi) is 5.44. The second-order valence-corrected chi connectivity index (χ2v) is 6.93. The van der Waals surface area contributed by atoms with Crippen LogP contribution in [0.1, 0.15) is 11.1 Å². The summed E-state index contributed by atoms with van der Waals surface area (Å²) < 4.78 is 45.6. The largest absolute Gasteiger partial charge is 0.497 e. The van der Waals surface area contributed by atoms with Gasteiger partial charge < -0.3 is 9.84 Å². The molecule has 4 rings (SSSR count). The summed E-state index contributed by atoms with van der Waals surface area (Å²) in [5.41, 5.74) is -0.953. The highest BCUT2D eigenvalue weighted by Gasteiger charge is 2.31. The van der Waals surface area contributed by atoms with Gasteiger partial charge in [-0.3, -0.25) is 9.79 Å². The molecule has 0 bridgehead atoms. The van der Waals surface area contributed by atoms with Crippen LogP contribution in [-0.2, 0) is 6.18 Å². The number of hydrogen-bond donors (Lipinski definition) is 1. The molecule has 3 aromatic carbocycles. The number of aromatic nitrogens is 1. The van der Waals surface area contributed by atoms with Crippen molar-refractivity contribution in [2.24, 2.45) is 4.99 Å². The summed E-state index contributed by atoms with van der Waals surface area (Å²) >= 11 is 0. The fourth-order valence-corrected chi connectivity index (χ4v) is 3.38. The van der Waals surface area contributed by atoms with Crippen LogP contribution in [0, 0.1) is 0 Å². The Morgan fingerprint density at radius 2 is 1.69 bits per heavy atom. The summed E-state index contributed by atoms with van der Waals surface area (Å²) in [5.74, 6) is 0.0716. The van der Waals surface area contributed by atoms with Crippen molar-refractivity contribution >= 4 is 22.7 Å². The van der Waals surface area contributed by atoms with Crippen molar-refractivity contribution in [2.45, 2.75) is 6.18 Å². The lowest BCUT2D eigenvalue weighted by molar-refractivity contribution is -0.137. The Bertz CT molecular complexity index is 1390. The molecule has 1 heterocycles. The van der Waals surface area contributed by atoms with Gasteiger partial charge in [0.05, 0.1) is 29.6 Å². The Balaban J connectivity index is 1.95. The van der Waals surface area contributed by atoms with Gasteiger partial charge in [-0.1, -0.05) is 30.3 Å². The van der Waals surface area contributed by atoms with Gasteiger partial charge in [-0.2, -0.15) is 13.2 Å². The average Bonchev–Trinajstić information content (AvgIpc) is 2.79. The highest BCUT2D eigenvalue weighted by Crippen LogP contribution is 2.32. The second kappa shape index (κ2) is 8.22. The molecular formula is C24H17F3N2O3. The molecule has 1 aromatic heterocycles. The van der Waals surface area contributed by atoms with E-state index in [0.717, 1.165) is 16.7 Å². The standard InChI is InChI=1S/C24H17F3N2O3/c1-32-18-9-5-7-16(13-18)28-14-21-19-10-2-3-11-20(19)22(30)29(23(21)31)17-8-4-6-15(12-17)24(25,26)27/h2-14,31H,1H3. The molecular weight excluding hydrogens is 421 g/mol. The molecule has 0 unspecified atom stereocenters. The lowest BCUT2D eigenvalue weighted by atomic mass is 10.1. The zero-order valence-electron chi connectivity index (χ0n) is 16.8. The smallest absolute Gasteiger partial charge is 0.416 e. The van der Waals surface area contributed by atoms with E-state index in [9.17, 15) is 23.1 Å². The Morgan fingerprint density at radius 1 is 0.969 bits per heavy atom. The third-order valence-electron chi connectivity index (χ3n) is 4.93. The van der Waals surface area contributed by atoms with Gasteiger partial charge in [0.2, 0.25) is 5.88 Å². The molecule has 8 heteroatoms. The maximum atomic E-state index is 13.2. The fraction of sp³-hybridized carbons (Fsp3) is 0.0833. The zero-order valence-corrected chi connectivity index (χ0v) is 16.8. The molecule has 1 N–H and O–H groups in total. The zero-order chi connectivity index (χ0) is 22.9. The highest BCUT2D eigenvalue weighted by atomic mass is 19.4. The molecule has 0 atom stereocenters. The Hall–Kier alpha value is -4.07. The van der Waals surface area contributed by atoms with Gasteiger partial charge >= 0.3 is 6.18 Å². The van der Waals surface area contributed by atoms with Crippen molar-refractivity contribution in [2.75, 3.05) is 7.11 Å². The second-order valence-electron chi connectivity index (χ2n) is 6.93. The van der Waals surface area contributed by atoms with E-state index in [1.807, 2.05) is 0 Å². The van der Waals surface area contributed by atoms with E-state index in [1.54, 1.807) is 48.5 Å². The minimum atomic E-state index is -4.59. The van der Waals surface area contributed by atoms with E-state index < -0.39 is 23.2 Å². The molecule has 0 aliphatic rings. The molecule has 0 fully saturated rings. The van der Waals surface area contributed by atoms with Crippen LogP contribution in [0.2, 0.25) is 0 Å². The molecule has 0 spiro atoms. The molecule has 0 saturated carbocycles. The molecule has 0 saturated heterocycles. The predicted octanol–water partition coefficient (Wildman–Crippen LogP) is 5.47. The van der Waals surface area contributed by atoms with Crippen LogP contribution >= 0.6 is 0 Å². The number of alkyl halides is 3. The summed E-state index contributed by atoms with van der Waals surface area (Å²) in [6.07, 6.45) is -3.22. The third kappa shape index (κ3) is 3.94. The molecule has 0 amide bonds. The van der Waals surface area contributed by atoms with E-state index in [2.05, 4.69) is 4.99 Å². The number of aliphatic imine (C=N–C) groups is 1. The maximum absolute atomic E-state index is 13.2. The number of pyridine rings is 1. The van der Waals surface area contributed by atoms with Crippen LogP contribution in [0.3, 0.4) is 0 Å². The van der Waals surface area contributed by atoms with E-state index >= 15 is 0 Å². The molecule has 0 aliphatic carbocycles. The van der Waals surface area contributed by atoms with Crippen molar-refractivity contribution in [3.05, 3.63) is 94.3 Å². The van der Waals surface area contributed by atoms with Gasteiger partial charge in [-0.05, 0) is 36.4 Å². The lowest BCUT2D eigenvalue weighted by Gasteiger charge is -2.15. The lowest BCUT2D eigenvalue weighted by Crippen LogP contribution is -2.20. The van der Waals surface area contributed by atoms with Gasteiger partial charge in [0.1, 0.15) is 5.75 Å². The minimum absolute atomic E-state index is 0.107. The Labute approximate surface area is 180 Å². The highest BCUT2D eigenvalue weighted by molar-refractivity contribution is 6.02. The van der Waals surface area contributed by atoms with E-state index in [1.165, 1.54) is 25.5 Å². The first-order chi connectivity index (χ1) is 15.3. The van der Waals surface area contributed by atoms with Crippen molar-refractivity contribution in [1.82, 2.24) is 4.57 Å². The van der Waals surface area contributed by atoms with Crippen LogP contribution in [0.15, 0.2) is 82.6 Å². The van der Waals surface area contributed by atoms with E-state index in [4.69, 9.17) is 4.74 Å². The van der Waals surface area contributed by atoms with Gasteiger partial charge in [-0.15, -0.1) is 0 Å². The van der Waals surface area contributed by atoms with Crippen molar-refractivity contribution in [3.63, 3.8) is 0 Å². The number of halogens is 3. The predicted molar refractivity (Wildman–Crippen MR) is 116 cm³/mol. The minimum Gasteiger partial charge on any atom is -0.497 e. The average molecular weight is 438 g/mol. The molecule has 0 radical (unpaired) electrons. The number of rotatable bonds is 4. The number of fused-ring (bicyclic) bond motifs is 1. The van der Waals surface area contributed by atoms with Gasteiger partial charge in [0.15, 0.2) is 0 Å². The van der Waals surface area contributed by atoms with Crippen LogP contribution in [0.25, 0.3) is 16.5 Å². The number of benzene rings is 3.